The zero-order valence-electron chi connectivity index (χ0n) is 15.7. The summed E-state index contributed by atoms with van der Waals surface area (Å²) in [6, 6.07) is 17.2. The number of nitrogens with zero attached hydrogens (tertiary/aromatic N) is 2. The zero-order valence-corrected chi connectivity index (χ0v) is 17.4. The second kappa shape index (κ2) is 8.96. The molecule has 144 valence electrons. The van der Waals surface area contributed by atoms with E-state index in [4.69, 9.17) is 0 Å². The Morgan fingerprint density at radius 1 is 0.963 bits per heavy atom. The fraction of sp³-hybridized carbons (Fsp3) is 0.364. The first-order valence-corrected chi connectivity index (χ1v) is 10.3. The molecule has 0 aliphatic carbocycles. The van der Waals surface area contributed by atoms with Crippen molar-refractivity contribution in [3.05, 3.63) is 59.7 Å². The van der Waals surface area contributed by atoms with Gasteiger partial charge in [0.2, 0.25) is 0 Å². The number of benzene rings is 2. The summed E-state index contributed by atoms with van der Waals surface area (Å²) in [4.78, 5) is 5.06. The van der Waals surface area contributed by atoms with E-state index in [0.29, 0.717) is 5.06 Å². The highest BCUT2D eigenvalue weighted by atomic mass is 35.5. The van der Waals surface area contributed by atoms with Crippen LogP contribution in [0.1, 0.15) is 18.1 Å². The van der Waals surface area contributed by atoms with Crippen molar-refractivity contribution in [3.63, 3.8) is 0 Å². The highest BCUT2D eigenvalue weighted by molar-refractivity contribution is 7.21. The van der Waals surface area contributed by atoms with Crippen molar-refractivity contribution in [2.24, 2.45) is 0 Å². The number of aryl methyl sites for hydroxylation is 1. The Labute approximate surface area is 171 Å². The Morgan fingerprint density at radius 2 is 1.70 bits per heavy atom. The molecule has 3 nitrogen and oxygen atoms in total. The molecule has 0 radical (unpaired) electrons. The van der Waals surface area contributed by atoms with Gasteiger partial charge in [0.15, 0.2) is 5.06 Å². The Morgan fingerprint density at radius 3 is 2.41 bits per heavy atom. The Kier molecular flexibility index (Phi) is 6.64. The van der Waals surface area contributed by atoms with E-state index in [-0.39, 0.29) is 12.4 Å². The van der Waals surface area contributed by atoms with Crippen LogP contribution in [-0.4, -0.2) is 42.7 Å². The molecule has 1 N–H and O–H groups in total. The molecule has 5 heteroatoms. The van der Waals surface area contributed by atoms with Crippen LogP contribution in [0.3, 0.4) is 0 Å². The number of anilines is 1. The lowest BCUT2D eigenvalue weighted by molar-refractivity contribution is 0.261. The van der Waals surface area contributed by atoms with Gasteiger partial charge in [0, 0.05) is 54.1 Å². The number of hydrogen-bond donors (Lipinski definition) is 1. The van der Waals surface area contributed by atoms with Gasteiger partial charge in [-0.3, -0.25) is 4.90 Å². The molecule has 0 spiro atoms. The second-order valence-electron chi connectivity index (χ2n) is 6.95. The molecular formula is C22H27ClN2OS. The van der Waals surface area contributed by atoms with Crippen LogP contribution in [0.4, 0.5) is 5.69 Å². The van der Waals surface area contributed by atoms with Gasteiger partial charge in [0.25, 0.3) is 0 Å². The quantitative estimate of drug-likeness (QED) is 0.653. The van der Waals surface area contributed by atoms with Crippen molar-refractivity contribution in [2.75, 3.05) is 37.6 Å². The number of rotatable bonds is 5. The maximum Gasteiger partial charge on any atom is 0.175 e. The second-order valence-corrected chi connectivity index (χ2v) is 7.98. The summed E-state index contributed by atoms with van der Waals surface area (Å²) in [6.45, 7) is 7.55. The molecule has 2 heterocycles. The summed E-state index contributed by atoms with van der Waals surface area (Å²) < 4.78 is 1.20. The predicted molar refractivity (Wildman–Crippen MR) is 119 cm³/mol. The molecule has 4 rings (SSSR count). The van der Waals surface area contributed by atoms with Crippen LogP contribution in [0.25, 0.3) is 10.1 Å². The van der Waals surface area contributed by atoms with Gasteiger partial charge in [0.1, 0.15) is 0 Å². The highest BCUT2D eigenvalue weighted by Crippen LogP contribution is 2.42. The van der Waals surface area contributed by atoms with Crippen LogP contribution in [0.2, 0.25) is 0 Å². The summed E-state index contributed by atoms with van der Waals surface area (Å²) in [5, 5.41) is 12.0. The Hall–Kier alpha value is -1.75. The first kappa shape index (κ1) is 20.0. The maximum absolute atomic E-state index is 10.3. The van der Waals surface area contributed by atoms with Crippen LogP contribution in [0.15, 0.2) is 48.5 Å². The molecule has 0 saturated carbocycles. The number of aromatic hydroxyl groups is 1. The monoisotopic (exact) mass is 402 g/mol. The third kappa shape index (κ3) is 4.23. The average Bonchev–Trinajstić information content (AvgIpc) is 3.02. The van der Waals surface area contributed by atoms with Crippen LogP contribution < -0.4 is 4.90 Å². The zero-order chi connectivity index (χ0) is 17.9. The molecule has 0 bridgehead atoms. The third-order valence-electron chi connectivity index (χ3n) is 5.40. The van der Waals surface area contributed by atoms with E-state index < -0.39 is 0 Å². The van der Waals surface area contributed by atoms with Gasteiger partial charge in [0.05, 0.1) is 0 Å². The van der Waals surface area contributed by atoms with Crippen molar-refractivity contribution in [3.8, 4) is 5.06 Å². The molecule has 27 heavy (non-hydrogen) atoms. The minimum Gasteiger partial charge on any atom is -0.499 e. The van der Waals surface area contributed by atoms with Gasteiger partial charge in [-0.05, 0) is 30.5 Å². The van der Waals surface area contributed by atoms with E-state index in [1.54, 1.807) is 0 Å². The molecule has 0 unspecified atom stereocenters. The Balaban J connectivity index is 0.00000210. The number of hydrogen-bond acceptors (Lipinski definition) is 4. The molecule has 0 amide bonds. The van der Waals surface area contributed by atoms with Crippen molar-refractivity contribution < 1.29 is 5.11 Å². The van der Waals surface area contributed by atoms with Crippen molar-refractivity contribution >= 4 is 39.5 Å². The summed E-state index contributed by atoms with van der Waals surface area (Å²) in [7, 11) is 0. The largest absolute Gasteiger partial charge is 0.499 e. The standard InChI is InChI=1S/C22H26N2OS.ClH/c1-2-18-21-19(9-6-10-20(21)26-22(18)25)24-15-13-23(14-16-24)12-11-17-7-4-3-5-8-17;/h3-10,25H,2,11-16H2,1H3;1H. The van der Waals surface area contributed by atoms with E-state index in [1.807, 2.05) is 0 Å². The van der Waals surface area contributed by atoms with E-state index in [9.17, 15) is 5.11 Å². The van der Waals surface area contributed by atoms with Gasteiger partial charge in [-0.25, -0.2) is 0 Å². The van der Waals surface area contributed by atoms with E-state index in [0.717, 1.165) is 51.1 Å². The molecule has 3 aromatic rings. The molecular weight excluding hydrogens is 376 g/mol. The minimum atomic E-state index is 0. The molecule has 1 aromatic heterocycles. The van der Waals surface area contributed by atoms with Gasteiger partial charge >= 0.3 is 0 Å². The molecule has 1 saturated heterocycles. The van der Waals surface area contributed by atoms with Crippen LogP contribution in [-0.2, 0) is 12.8 Å². The van der Waals surface area contributed by atoms with Crippen LogP contribution in [0, 0.1) is 0 Å². The normalized spacial score (nSPS) is 15.1. The van der Waals surface area contributed by atoms with Gasteiger partial charge < -0.3 is 10.0 Å². The first-order chi connectivity index (χ1) is 12.8. The summed E-state index contributed by atoms with van der Waals surface area (Å²) in [6.07, 6.45) is 1.99. The van der Waals surface area contributed by atoms with Crippen molar-refractivity contribution in [2.45, 2.75) is 19.8 Å². The van der Waals surface area contributed by atoms with Crippen LogP contribution >= 0.6 is 23.7 Å². The SMILES string of the molecule is CCc1c(O)sc2cccc(N3CCN(CCc4ccccc4)CC3)c12.Cl. The molecule has 2 aromatic carbocycles. The minimum absolute atomic E-state index is 0. The molecule has 0 atom stereocenters. The lowest BCUT2D eigenvalue weighted by atomic mass is 10.1. The number of halogens is 1. The van der Waals surface area contributed by atoms with E-state index in [1.165, 1.54) is 32.7 Å². The average molecular weight is 403 g/mol. The van der Waals surface area contributed by atoms with Crippen molar-refractivity contribution in [1.29, 1.82) is 0 Å². The first-order valence-electron chi connectivity index (χ1n) is 9.51. The number of thiophene rings is 1. The fourth-order valence-corrected chi connectivity index (χ4v) is 4.97. The number of fused-ring (bicyclic) bond motifs is 1. The third-order valence-corrected chi connectivity index (χ3v) is 6.40. The fourth-order valence-electron chi connectivity index (χ4n) is 3.92. The van der Waals surface area contributed by atoms with E-state index >= 15 is 0 Å². The lowest BCUT2D eigenvalue weighted by Crippen LogP contribution is -2.47. The van der Waals surface area contributed by atoms with Gasteiger partial charge in [-0.1, -0.05) is 54.7 Å². The topological polar surface area (TPSA) is 26.7 Å². The summed E-state index contributed by atoms with van der Waals surface area (Å²) in [5.41, 5.74) is 3.81. The summed E-state index contributed by atoms with van der Waals surface area (Å²) >= 11 is 1.51. The highest BCUT2D eigenvalue weighted by Gasteiger charge is 2.21. The molecule has 1 fully saturated rings. The van der Waals surface area contributed by atoms with Crippen molar-refractivity contribution in [1.82, 2.24) is 4.90 Å². The smallest absolute Gasteiger partial charge is 0.175 e. The number of piperazine rings is 1. The van der Waals surface area contributed by atoms with Gasteiger partial charge in [-0.15, -0.1) is 12.4 Å². The Bertz CT molecular complexity index is 873. The predicted octanol–water partition coefficient (Wildman–Crippen LogP) is 4.96. The maximum atomic E-state index is 10.3. The molecule has 1 aliphatic heterocycles. The molecule has 1 aliphatic rings. The van der Waals surface area contributed by atoms with Gasteiger partial charge in [-0.2, -0.15) is 0 Å². The lowest BCUT2D eigenvalue weighted by Gasteiger charge is -2.36. The summed E-state index contributed by atoms with van der Waals surface area (Å²) in [5.74, 6) is 0. The van der Waals surface area contributed by atoms with E-state index in [2.05, 4.69) is 65.3 Å². The van der Waals surface area contributed by atoms with Crippen LogP contribution in [0.5, 0.6) is 5.06 Å².